The molecule has 5 nitrogen and oxygen atoms in total. The largest absolute Gasteiger partial charge is 0.456 e. The van der Waals surface area contributed by atoms with E-state index in [4.69, 9.17) is 4.74 Å². The minimum absolute atomic E-state index is 0.00282. The Kier molecular flexibility index (Phi) is 4.36. The number of halogens is 1. The van der Waals surface area contributed by atoms with Gasteiger partial charge in [0.25, 0.3) is 5.69 Å². The lowest BCUT2D eigenvalue weighted by molar-refractivity contribution is -0.385. The van der Waals surface area contributed by atoms with Gasteiger partial charge in [0.05, 0.1) is 17.1 Å². The monoisotopic (exact) mass is 337 g/mol. The highest BCUT2D eigenvalue weighted by Crippen LogP contribution is 2.33. The van der Waals surface area contributed by atoms with Crippen LogP contribution in [0.1, 0.15) is 11.1 Å². The molecular formula is C14H12BrNO4. The average molecular weight is 338 g/mol. The van der Waals surface area contributed by atoms with Crippen molar-refractivity contribution in [1.29, 1.82) is 0 Å². The number of ether oxygens (including phenoxy) is 1. The first-order chi connectivity index (χ1) is 9.52. The van der Waals surface area contributed by atoms with Crippen LogP contribution in [0.5, 0.6) is 11.5 Å². The Hall–Kier alpha value is -1.92. The van der Waals surface area contributed by atoms with E-state index < -0.39 is 4.92 Å². The quantitative estimate of drug-likeness (QED) is 0.677. The summed E-state index contributed by atoms with van der Waals surface area (Å²) in [5, 5.41) is 20.2. The van der Waals surface area contributed by atoms with Gasteiger partial charge in [-0.25, -0.2) is 0 Å². The van der Waals surface area contributed by atoms with Crippen molar-refractivity contribution in [2.24, 2.45) is 0 Å². The zero-order chi connectivity index (χ0) is 14.7. The molecule has 2 aromatic carbocycles. The lowest BCUT2D eigenvalue weighted by Gasteiger charge is -2.12. The Morgan fingerprint density at radius 1 is 1.30 bits per heavy atom. The second kappa shape index (κ2) is 6.02. The van der Waals surface area contributed by atoms with E-state index in [0.717, 1.165) is 4.47 Å². The Morgan fingerprint density at radius 3 is 2.70 bits per heavy atom. The molecule has 0 saturated heterocycles. The lowest BCUT2D eigenvalue weighted by Crippen LogP contribution is -1.96. The van der Waals surface area contributed by atoms with Gasteiger partial charge in [0.15, 0.2) is 0 Å². The van der Waals surface area contributed by atoms with Crippen LogP contribution < -0.4 is 4.74 Å². The van der Waals surface area contributed by atoms with E-state index >= 15 is 0 Å². The Bertz CT molecular complexity index is 658. The fourth-order valence-corrected chi connectivity index (χ4v) is 2.12. The van der Waals surface area contributed by atoms with Crippen LogP contribution in [0, 0.1) is 17.0 Å². The zero-order valence-corrected chi connectivity index (χ0v) is 12.3. The Morgan fingerprint density at radius 2 is 2.05 bits per heavy atom. The van der Waals surface area contributed by atoms with Crippen molar-refractivity contribution in [3.63, 3.8) is 0 Å². The molecule has 0 aliphatic rings. The third-order valence-electron chi connectivity index (χ3n) is 2.87. The van der Waals surface area contributed by atoms with Crippen LogP contribution in [0.2, 0.25) is 0 Å². The molecule has 0 aromatic heterocycles. The summed E-state index contributed by atoms with van der Waals surface area (Å²) >= 11 is 3.33. The predicted octanol–water partition coefficient (Wildman–Crippen LogP) is 3.95. The minimum Gasteiger partial charge on any atom is -0.456 e. The second-order valence-electron chi connectivity index (χ2n) is 4.17. The number of nitro groups is 1. The summed E-state index contributed by atoms with van der Waals surface area (Å²) in [6, 6.07) is 9.88. The summed E-state index contributed by atoms with van der Waals surface area (Å²) in [5.41, 5.74) is 1.06. The number of nitrogens with zero attached hydrogens (tertiary/aromatic N) is 1. The van der Waals surface area contributed by atoms with E-state index in [0.29, 0.717) is 22.6 Å². The molecule has 0 radical (unpaired) electrons. The fraction of sp³-hybridized carbons (Fsp3) is 0.143. The van der Waals surface area contributed by atoms with Gasteiger partial charge in [0.1, 0.15) is 11.5 Å². The third kappa shape index (κ3) is 2.97. The number of aliphatic hydroxyl groups is 1. The number of hydrogen-bond donors (Lipinski definition) is 1. The molecule has 0 spiro atoms. The highest BCUT2D eigenvalue weighted by molar-refractivity contribution is 9.10. The average Bonchev–Trinajstić information content (AvgIpc) is 2.41. The van der Waals surface area contributed by atoms with Crippen molar-refractivity contribution >= 4 is 21.6 Å². The van der Waals surface area contributed by atoms with Crippen molar-refractivity contribution in [2.75, 3.05) is 0 Å². The topological polar surface area (TPSA) is 72.6 Å². The number of aliphatic hydroxyl groups excluding tert-OH is 1. The Balaban J connectivity index is 2.42. The number of nitro benzene ring substituents is 1. The van der Waals surface area contributed by atoms with E-state index in [-0.39, 0.29) is 12.3 Å². The molecule has 0 saturated carbocycles. The summed E-state index contributed by atoms with van der Waals surface area (Å²) in [7, 11) is 0. The third-order valence-corrected chi connectivity index (χ3v) is 3.36. The first-order valence-corrected chi connectivity index (χ1v) is 6.63. The van der Waals surface area contributed by atoms with Gasteiger partial charge in [-0.3, -0.25) is 10.1 Å². The normalized spacial score (nSPS) is 10.3. The molecule has 0 aliphatic heterocycles. The molecule has 0 heterocycles. The van der Waals surface area contributed by atoms with E-state index in [1.807, 2.05) is 0 Å². The van der Waals surface area contributed by atoms with Crippen molar-refractivity contribution in [3.05, 3.63) is 62.1 Å². The van der Waals surface area contributed by atoms with Crippen molar-refractivity contribution in [2.45, 2.75) is 13.5 Å². The highest BCUT2D eigenvalue weighted by Gasteiger charge is 2.15. The first-order valence-electron chi connectivity index (χ1n) is 5.84. The van der Waals surface area contributed by atoms with Crippen LogP contribution in [0.15, 0.2) is 40.9 Å². The molecule has 6 heteroatoms. The van der Waals surface area contributed by atoms with E-state index in [1.165, 1.54) is 6.07 Å². The molecule has 20 heavy (non-hydrogen) atoms. The van der Waals surface area contributed by atoms with Crippen LogP contribution in [0.4, 0.5) is 5.69 Å². The van der Waals surface area contributed by atoms with Crippen molar-refractivity contribution in [1.82, 2.24) is 0 Å². The number of hydrogen-bond acceptors (Lipinski definition) is 4. The van der Waals surface area contributed by atoms with Gasteiger partial charge < -0.3 is 9.84 Å². The molecule has 0 unspecified atom stereocenters. The van der Waals surface area contributed by atoms with Crippen molar-refractivity contribution < 1.29 is 14.8 Å². The molecule has 0 aliphatic carbocycles. The first kappa shape index (κ1) is 14.5. The maximum Gasteiger partial charge on any atom is 0.276 e. The summed E-state index contributed by atoms with van der Waals surface area (Å²) in [5.74, 6) is 0.859. The van der Waals surface area contributed by atoms with Crippen molar-refractivity contribution in [3.8, 4) is 11.5 Å². The summed E-state index contributed by atoms with van der Waals surface area (Å²) in [6.45, 7) is 1.46. The number of rotatable bonds is 4. The summed E-state index contributed by atoms with van der Waals surface area (Å²) in [6.07, 6.45) is 0. The lowest BCUT2D eigenvalue weighted by atomic mass is 10.1. The molecule has 0 atom stereocenters. The molecule has 104 valence electrons. The maximum atomic E-state index is 10.9. The smallest absolute Gasteiger partial charge is 0.276 e. The fourth-order valence-electron chi connectivity index (χ4n) is 1.78. The van der Waals surface area contributed by atoms with Gasteiger partial charge in [-0.2, -0.15) is 0 Å². The van der Waals surface area contributed by atoms with Gasteiger partial charge >= 0.3 is 0 Å². The zero-order valence-electron chi connectivity index (χ0n) is 10.7. The van der Waals surface area contributed by atoms with Crippen LogP contribution in [0.3, 0.4) is 0 Å². The summed E-state index contributed by atoms with van der Waals surface area (Å²) < 4.78 is 6.51. The second-order valence-corrected chi connectivity index (χ2v) is 5.09. The van der Waals surface area contributed by atoms with Crippen LogP contribution in [-0.4, -0.2) is 10.0 Å². The van der Waals surface area contributed by atoms with Crippen LogP contribution in [-0.2, 0) is 6.61 Å². The molecule has 0 fully saturated rings. The predicted molar refractivity (Wildman–Crippen MR) is 78.0 cm³/mol. The molecule has 0 bridgehead atoms. The molecule has 2 aromatic rings. The minimum atomic E-state index is -0.448. The van der Waals surface area contributed by atoms with Gasteiger partial charge in [0.2, 0.25) is 0 Å². The summed E-state index contributed by atoms with van der Waals surface area (Å²) in [4.78, 5) is 10.5. The number of benzene rings is 2. The van der Waals surface area contributed by atoms with Crippen LogP contribution >= 0.6 is 15.9 Å². The molecule has 0 amide bonds. The van der Waals surface area contributed by atoms with Gasteiger partial charge in [-0.15, -0.1) is 0 Å². The van der Waals surface area contributed by atoms with E-state index in [9.17, 15) is 15.2 Å². The SMILES string of the molecule is Cc1c(Oc2cc(Br)ccc2CO)cccc1[N+](=O)[O-]. The van der Waals surface area contributed by atoms with Crippen LogP contribution in [0.25, 0.3) is 0 Å². The highest BCUT2D eigenvalue weighted by atomic mass is 79.9. The molecule has 2 rings (SSSR count). The molecular weight excluding hydrogens is 326 g/mol. The standard InChI is InChI=1S/C14H12BrNO4/c1-9-12(16(18)19)3-2-4-13(9)20-14-7-11(15)6-5-10(14)8-17/h2-7,17H,8H2,1H3. The Labute approximate surface area is 124 Å². The van der Waals surface area contributed by atoms with Gasteiger partial charge in [-0.05, 0) is 25.1 Å². The molecule has 1 N–H and O–H groups in total. The van der Waals surface area contributed by atoms with Gasteiger partial charge in [0, 0.05) is 16.1 Å². The van der Waals surface area contributed by atoms with E-state index in [1.54, 1.807) is 37.3 Å². The maximum absolute atomic E-state index is 10.9. The van der Waals surface area contributed by atoms with Gasteiger partial charge in [-0.1, -0.05) is 28.1 Å². The van der Waals surface area contributed by atoms with E-state index in [2.05, 4.69) is 15.9 Å².